The Morgan fingerprint density at radius 2 is 1.97 bits per heavy atom. The number of hydrogen-bond acceptors (Lipinski definition) is 6. The third kappa shape index (κ3) is 4.77. The smallest absolute Gasteiger partial charge is 0.261 e. The molecule has 1 amide bonds. The molecule has 31 heavy (non-hydrogen) atoms. The first-order valence-electron chi connectivity index (χ1n) is 10.1. The van der Waals surface area contributed by atoms with Crippen LogP contribution in [0.15, 0.2) is 57.9 Å². The first-order chi connectivity index (χ1) is 14.8. The third-order valence-corrected chi connectivity index (χ3v) is 6.64. The third-order valence-electron chi connectivity index (χ3n) is 5.26. The number of benzene rings is 2. The van der Waals surface area contributed by atoms with Gasteiger partial charge in [-0.15, -0.1) is 0 Å². The number of piperidine rings is 1. The lowest BCUT2D eigenvalue weighted by atomic mass is 9.97. The first-order valence-corrected chi connectivity index (χ1v) is 11.6. The van der Waals surface area contributed by atoms with E-state index in [9.17, 15) is 13.2 Å². The molecular formula is C22H24N4O4S. The summed E-state index contributed by atoms with van der Waals surface area (Å²) in [6, 6.07) is 13.2. The number of anilines is 1. The lowest BCUT2D eigenvalue weighted by Gasteiger charge is -2.31. The predicted molar refractivity (Wildman–Crippen MR) is 115 cm³/mol. The van der Waals surface area contributed by atoms with Crippen molar-refractivity contribution in [1.29, 1.82) is 0 Å². The summed E-state index contributed by atoms with van der Waals surface area (Å²) in [5, 5.41) is 3.84. The molecule has 1 unspecified atom stereocenters. The topological polar surface area (TPSA) is 105 Å². The Balaban J connectivity index is 1.52. The maximum Gasteiger partial charge on any atom is 0.261 e. The zero-order valence-corrected chi connectivity index (χ0v) is 18.2. The Kier molecular flexibility index (Phi) is 5.77. The highest BCUT2D eigenvalue weighted by atomic mass is 32.2. The zero-order valence-electron chi connectivity index (χ0n) is 17.4. The van der Waals surface area contributed by atoms with Gasteiger partial charge in [0.1, 0.15) is 0 Å². The highest BCUT2D eigenvalue weighted by Gasteiger charge is 2.29. The van der Waals surface area contributed by atoms with Crippen molar-refractivity contribution in [3.63, 3.8) is 0 Å². The zero-order chi connectivity index (χ0) is 22.0. The average Bonchev–Trinajstić information content (AvgIpc) is 3.19. The van der Waals surface area contributed by atoms with Crippen LogP contribution in [0.3, 0.4) is 0 Å². The van der Waals surface area contributed by atoms with Gasteiger partial charge in [0.2, 0.25) is 5.89 Å². The van der Waals surface area contributed by atoms with Crippen molar-refractivity contribution in [3.05, 3.63) is 71.4 Å². The number of hydrogen-bond donors (Lipinski definition) is 1. The summed E-state index contributed by atoms with van der Waals surface area (Å²) in [5.41, 5.74) is 1.75. The van der Waals surface area contributed by atoms with E-state index < -0.39 is 10.0 Å². The van der Waals surface area contributed by atoms with Crippen LogP contribution in [0.25, 0.3) is 0 Å². The van der Waals surface area contributed by atoms with Crippen molar-refractivity contribution >= 4 is 21.6 Å². The van der Waals surface area contributed by atoms with Gasteiger partial charge in [-0.1, -0.05) is 23.4 Å². The maximum atomic E-state index is 13.1. The van der Waals surface area contributed by atoms with E-state index in [-0.39, 0.29) is 16.7 Å². The van der Waals surface area contributed by atoms with Gasteiger partial charge in [-0.25, -0.2) is 8.42 Å². The van der Waals surface area contributed by atoms with E-state index in [0.29, 0.717) is 36.1 Å². The minimum atomic E-state index is -3.82. The van der Waals surface area contributed by atoms with E-state index in [1.807, 2.05) is 13.0 Å². The van der Waals surface area contributed by atoms with Gasteiger partial charge < -0.3 is 9.42 Å². The van der Waals surface area contributed by atoms with Crippen LogP contribution in [-0.2, 0) is 10.0 Å². The van der Waals surface area contributed by atoms with Crippen LogP contribution in [0.1, 0.15) is 46.4 Å². The molecule has 0 saturated carbocycles. The van der Waals surface area contributed by atoms with E-state index in [2.05, 4.69) is 14.9 Å². The molecule has 3 aromatic rings. The summed E-state index contributed by atoms with van der Waals surface area (Å²) in [4.78, 5) is 19.2. The van der Waals surface area contributed by atoms with Crippen LogP contribution in [0, 0.1) is 13.8 Å². The van der Waals surface area contributed by atoms with Crippen LogP contribution < -0.4 is 4.72 Å². The normalized spacial score (nSPS) is 16.8. The van der Waals surface area contributed by atoms with Gasteiger partial charge >= 0.3 is 0 Å². The number of aryl methyl sites for hydroxylation is 2. The lowest BCUT2D eigenvalue weighted by Crippen LogP contribution is -2.39. The molecule has 1 aliphatic rings. The quantitative estimate of drug-likeness (QED) is 0.651. The number of sulfonamides is 1. The summed E-state index contributed by atoms with van der Waals surface area (Å²) in [5.74, 6) is 0.869. The molecule has 1 aromatic heterocycles. The van der Waals surface area contributed by atoms with Crippen molar-refractivity contribution < 1.29 is 17.7 Å². The number of carbonyl (C=O) groups is 1. The summed E-state index contributed by atoms with van der Waals surface area (Å²) in [7, 11) is -3.82. The molecule has 0 aliphatic carbocycles. The highest BCUT2D eigenvalue weighted by molar-refractivity contribution is 7.92. The molecule has 4 rings (SSSR count). The molecule has 1 aliphatic heterocycles. The fourth-order valence-corrected chi connectivity index (χ4v) is 4.84. The average molecular weight is 441 g/mol. The van der Waals surface area contributed by atoms with Gasteiger partial charge in [0.05, 0.1) is 10.8 Å². The molecule has 162 valence electrons. The molecule has 1 saturated heterocycles. The second kappa shape index (κ2) is 8.50. The molecule has 0 bridgehead atoms. The van der Waals surface area contributed by atoms with Crippen molar-refractivity contribution in [2.45, 2.75) is 37.5 Å². The molecule has 2 heterocycles. The van der Waals surface area contributed by atoms with Gasteiger partial charge in [-0.2, -0.15) is 4.98 Å². The van der Waals surface area contributed by atoms with Crippen LogP contribution in [0.5, 0.6) is 0 Å². The Morgan fingerprint density at radius 3 is 2.71 bits per heavy atom. The van der Waals surface area contributed by atoms with E-state index in [1.54, 1.807) is 42.2 Å². The molecular weight excluding hydrogens is 416 g/mol. The fourth-order valence-electron chi connectivity index (χ4n) is 3.74. The Labute approximate surface area is 181 Å². The van der Waals surface area contributed by atoms with Crippen LogP contribution in [0.4, 0.5) is 5.69 Å². The SMILES string of the molecule is Cc1cccc(NS(=O)(=O)c2cccc(C(=O)N3CCCC(c4nc(C)no4)C3)c2)c1. The number of nitrogens with zero attached hydrogens (tertiary/aromatic N) is 3. The summed E-state index contributed by atoms with van der Waals surface area (Å²) in [6.45, 7) is 4.70. The second-order valence-corrected chi connectivity index (χ2v) is 9.46. The maximum absolute atomic E-state index is 13.1. The molecule has 0 radical (unpaired) electrons. The first kappa shape index (κ1) is 21.0. The molecule has 8 nitrogen and oxygen atoms in total. The van der Waals surface area contributed by atoms with Crippen molar-refractivity contribution in [3.8, 4) is 0 Å². The highest BCUT2D eigenvalue weighted by Crippen LogP contribution is 2.27. The molecule has 1 fully saturated rings. The van der Waals surface area contributed by atoms with Crippen molar-refractivity contribution in [1.82, 2.24) is 15.0 Å². The molecule has 0 spiro atoms. The number of likely N-dealkylation sites (tertiary alicyclic amines) is 1. The Morgan fingerprint density at radius 1 is 1.16 bits per heavy atom. The number of amides is 1. The molecule has 1 atom stereocenters. The number of rotatable bonds is 5. The van der Waals surface area contributed by atoms with Crippen LogP contribution in [0.2, 0.25) is 0 Å². The van der Waals surface area contributed by atoms with E-state index >= 15 is 0 Å². The number of aromatic nitrogens is 2. The van der Waals surface area contributed by atoms with Crippen LogP contribution >= 0.6 is 0 Å². The van der Waals surface area contributed by atoms with Crippen molar-refractivity contribution in [2.24, 2.45) is 0 Å². The van der Waals surface area contributed by atoms with Gasteiger partial charge in [-0.05, 0) is 62.6 Å². The minimum Gasteiger partial charge on any atom is -0.339 e. The number of nitrogens with one attached hydrogen (secondary N) is 1. The van der Waals surface area contributed by atoms with E-state index in [0.717, 1.165) is 18.4 Å². The minimum absolute atomic E-state index is 0.0196. The Bertz CT molecular complexity index is 1210. The standard InChI is InChI=1S/C22H24N4O4S/c1-15-6-3-9-19(12-15)25-31(28,29)20-10-4-7-17(13-20)22(27)26-11-5-8-18(14-26)21-23-16(2)24-30-21/h3-4,6-7,9-10,12-13,18,25H,5,8,11,14H2,1-2H3. The molecule has 9 heteroatoms. The van der Waals surface area contributed by atoms with Gasteiger partial charge in [0.15, 0.2) is 5.82 Å². The predicted octanol–water partition coefficient (Wildman–Crippen LogP) is 3.51. The van der Waals surface area contributed by atoms with E-state index in [4.69, 9.17) is 4.52 Å². The van der Waals surface area contributed by atoms with Gasteiger partial charge in [-0.3, -0.25) is 9.52 Å². The monoisotopic (exact) mass is 440 g/mol. The van der Waals surface area contributed by atoms with Gasteiger partial charge in [0.25, 0.3) is 15.9 Å². The van der Waals surface area contributed by atoms with Crippen molar-refractivity contribution in [2.75, 3.05) is 17.8 Å². The fraction of sp³-hybridized carbons (Fsp3) is 0.318. The summed E-state index contributed by atoms with van der Waals surface area (Å²) >= 11 is 0. The largest absolute Gasteiger partial charge is 0.339 e. The molecule has 2 aromatic carbocycles. The number of carbonyl (C=O) groups excluding carboxylic acids is 1. The van der Waals surface area contributed by atoms with Gasteiger partial charge in [0, 0.05) is 24.3 Å². The second-order valence-electron chi connectivity index (χ2n) is 7.77. The molecule has 1 N–H and O–H groups in total. The van der Waals surface area contributed by atoms with E-state index in [1.165, 1.54) is 12.1 Å². The summed E-state index contributed by atoms with van der Waals surface area (Å²) in [6.07, 6.45) is 1.67. The summed E-state index contributed by atoms with van der Waals surface area (Å²) < 4.78 is 33.5. The lowest BCUT2D eigenvalue weighted by molar-refractivity contribution is 0.0695. The van der Waals surface area contributed by atoms with Crippen LogP contribution in [-0.4, -0.2) is 42.5 Å². The Hall–Kier alpha value is -3.20.